The van der Waals surface area contributed by atoms with Crippen LogP contribution in [0.15, 0.2) is 18.2 Å². The molecule has 3 amide bonds. The number of amides is 3. The SMILES string of the molecule is CC(CCc1ccc(F)c(F)c1)NC(=O)C(C)NC(N)=O. The number of aryl methyl sites for hydroxylation is 1. The van der Waals surface area contributed by atoms with Crippen LogP contribution in [0.3, 0.4) is 0 Å². The Morgan fingerprint density at radius 1 is 1.19 bits per heavy atom. The molecule has 1 rings (SSSR count). The maximum atomic E-state index is 13.0. The molecule has 4 N–H and O–H groups in total. The average molecular weight is 299 g/mol. The van der Waals surface area contributed by atoms with Gasteiger partial charge < -0.3 is 16.4 Å². The molecule has 1 aromatic rings. The summed E-state index contributed by atoms with van der Waals surface area (Å²) >= 11 is 0. The Labute approximate surface area is 121 Å². The molecule has 21 heavy (non-hydrogen) atoms. The van der Waals surface area contributed by atoms with Crippen molar-refractivity contribution in [1.82, 2.24) is 10.6 Å². The highest BCUT2D eigenvalue weighted by Gasteiger charge is 2.16. The van der Waals surface area contributed by atoms with Crippen molar-refractivity contribution in [3.63, 3.8) is 0 Å². The smallest absolute Gasteiger partial charge is 0.312 e. The summed E-state index contributed by atoms with van der Waals surface area (Å²) in [4.78, 5) is 22.3. The third-order valence-corrected chi connectivity index (χ3v) is 2.99. The van der Waals surface area contributed by atoms with Crippen LogP contribution < -0.4 is 16.4 Å². The van der Waals surface area contributed by atoms with Crippen molar-refractivity contribution >= 4 is 11.9 Å². The zero-order valence-corrected chi connectivity index (χ0v) is 12.0. The van der Waals surface area contributed by atoms with Gasteiger partial charge in [-0.15, -0.1) is 0 Å². The van der Waals surface area contributed by atoms with Gasteiger partial charge >= 0.3 is 6.03 Å². The Kier molecular flexibility index (Phi) is 6.08. The highest BCUT2D eigenvalue weighted by Crippen LogP contribution is 2.11. The minimum absolute atomic E-state index is 0.178. The maximum absolute atomic E-state index is 13.0. The van der Waals surface area contributed by atoms with Crippen LogP contribution in [-0.2, 0) is 11.2 Å². The number of carbonyl (C=O) groups excluding carboxylic acids is 2. The Balaban J connectivity index is 2.43. The van der Waals surface area contributed by atoms with Gasteiger partial charge in [-0.3, -0.25) is 4.79 Å². The van der Waals surface area contributed by atoms with E-state index in [9.17, 15) is 18.4 Å². The second-order valence-electron chi connectivity index (χ2n) is 4.93. The lowest BCUT2D eigenvalue weighted by Crippen LogP contribution is -2.49. The Morgan fingerprint density at radius 3 is 2.43 bits per heavy atom. The number of benzene rings is 1. The normalized spacial score (nSPS) is 13.3. The lowest BCUT2D eigenvalue weighted by Gasteiger charge is -2.17. The topological polar surface area (TPSA) is 84.2 Å². The first-order chi connectivity index (χ1) is 9.79. The van der Waals surface area contributed by atoms with E-state index in [0.717, 1.165) is 12.1 Å². The van der Waals surface area contributed by atoms with E-state index in [2.05, 4.69) is 10.6 Å². The highest BCUT2D eigenvalue weighted by atomic mass is 19.2. The number of primary amides is 1. The first-order valence-corrected chi connectivity index (χ1v) is 6.60. The van der Waals surface area contributed by atoms with Crippen LogP contribution >= 0.6 is 0 Å². The van der Waals surface area contributed by atoms with Crippen LogP contribution in [0.2, 0.25) is 0 Å². The van der Waals surface area contributed by atoms with Gasteiger partial charge in [0.05, 0.1) is 0 Å². The molecule has 7 heteroatoms. The van der Waals surface area contributed by atoms with Gasteiger partial charge in [0, 0.05) is 6.04 Å². The Bertz CT molecular complexity index is 523. The summed E-state index contributed by atoms with van der Waals surface area (Å²) in [5.74, 6) is -2.12. The van der Waals surface area contributed by atoms with Crippen LogP contribution in [0.5, 0.6) is 0 Å². The molecule has 116 valence electrons. The molecule has 0 bridgehead atoms. The van der Waals surface area contributed by atoms with Crippen molar-refractivity contribution in [2.45, 2.75) is 38.8 Å². The van der Waals surface area contributed by atoms with Crippen LogP contribution in [0, 0.1) is 11.6 Å². The fraction of sp³-hybridized carbons (Fsp3) is 0.429. The lowest BCUT2D eigenvalue weighted by molar-refractivity contribution is -0.123. The zero-order valence-electron chi connectivity index (χ0n) is 12.0. The summed E-state index contributed by atoms with van der Waals surface area (Å²) < 4.78 is 25.8. The van der Waals surface area contributed by atoms with Gasteiger partial charge in [0.15, 0.2) is 11.6 Å². The molecule has 0 fully saturated rings. The third kappa shape index (κ3) is 5.76. The molecular formula is C14H19F2N3O2. The quantitative estimate of drug-likeness (QED) is 0.743. The van der Waals surface area contributed by atoms with E-state index in [-0.39, 0.29) is 11.9 Å². The monoisotopic (exact) mass is 299 g/mol. The number of nitrogens with two attached hydrogens (primary N) is 1. The standard InChI is InChI=1S/C14H19F2N3O2/c1-8(18-13(20)9(2)19-14(17)21)3-4-10-5-6-11(15)12(16)7-10/h5-9H,3-4H2,1-2H3,(H,18,20)(H3,17,19,21). The molecule has 0 aliphatic carbocycles. The zero-order chi connectivity index (χ0) is 16.0. The summed E-state index contributed by atoms with van der Waals surface area (Å²) in [6, 6.07) is 2.04. The van der Waals surface area contributed by atoms with E-state index in [4.69, 9.17) is 5.73 Å². The first-order valence-electron chi connectivity index (χ1n) is 6.60. The molecular weight excluding hydrogens is 280 g/mol. The van der Waals surface area contributed by atoms with Gasteiger partial charge in [-0.1, -0.05) is 6.07 Å². The molecule has 2 unspecified atom stereocenters. The van der Waals surface area contributed by atoms with Crippen molar-refractivity contribution in [3.8, 4) is 0 Å². The van der Waals surface area contributed by atoms with E-state index < -0.39 is 23.7 Å². The fourth-order valence-corrected chi connectivity index (χ4v) is 1.80. The van der Waals surface area contributed by atoms with Gasteiger partial charge in [-0.05, 0) is 44.4 Å². The van der Waals surface area contributed by atoms with Crippen molar-refractivity contribution in [2.24, 2.45) is 5.73 Å². The van der Waals surface area contributed by atoms with Gasteiger partial charge in [0.1, 0.15) is 6.04 Å². The summed E-state index contributed by atoms with van der Waals surface area (Å²) in [6.07, 6.45) is 1.05. The predicted octanol–water partition coefficient (Wildman–Crippen LogP) is 1.46. The average Bonchev–Trinajstić information content (AvgIpc) is 2.39. The molecule has 5 nitrogen and oxygen atoms in total. The van der Waals surface area contributed by atoms with Crippen LogP contribution in [0.4, 0.5) is 13.6 Å². The van der Waals surface area contributed by atoms with Gasteiger partial charge in [0.25, 0.3) is 0 Å². The van der Waals surface area contributed by atoms with Crippen LogP contribution in [0.25, 0.3) is 0 Å². The molecule has 0 heterocycles. The van der Waals surface area contributed by atoms with E-state index >= 15 is 0 Å². The van der Waals surface area contributed by atoms with E-state index in [1.165, 1.54) is 13.0 Å². The molecule has 2 atom stereocenters. The maximum Gasteiger partial charge on any atom is 0.312 e. The number of nitrogens with one attached hydrogen (secondary N) is 2. The molecule has 1 aromatic carbocycles. The highest BCUT2D eigenvalue weighted by molar-refractivity contribution is 5.86. The second kappa shape index (κ2) is 7.56. The van der Waals surface area contributed by atoms with E-state index in [1.54, 1.807) is 6.92 Å². The molecule has 0 aliphatic heterocycles. The van der Waals surface area contributed by atoms with Crippen molar-refractivity contribution in [1.29, 1.82) is 0 Å². The van der Waals surface area contributed by atoms with Gasteiger partial charge in [0.2, 0.25) is 5.91 Å². The van der Waals surface area contributed by atoms with E-state index in [1.807, 2.05) is 0 Å². The minimum atomic E-state index is -0.886. The number of urea groups is 1. The van der Waals surface area contributed by atoms with Gasteiger partial charge in [-0.25, -0.2) is 13.6 Å². The van der Waals surface area contributed by atoms with E-state index in [0.29, 0.717) is 18.4 Å². The number of hydrogen-bond acceptors (Lipinski definition) is 2. The number of hydrogen-bond donors (Lipinski definition) is 3. The summed E-state index contributed by atoms with van der Waals surface area (Å²) in [6.45, 7) is 3.30. The Morgan fingerprint density at radius 2 is 1.86 bits per heavy atom. The Hall–Kier alpha value is -2.18. The second-order valence-corrected chi connectivity index (χ2v) is 4.93. The fourth-order valence-electron chi connectivity index (χ4n) is 1.80. The summed E-state index contributed by atoms with van der Waals surface area (Å²) in [5, 5.41) is 4.98. The molecule has 0 aliphatic rings. The third-order valence-electron chi connectivity index (χ3n) is 2.99. The van der Waals surface area contributed by atoms with Crippen molar-refractivity contribution < 1.29 is 18.4 Å². The van der Waals surface area contributed by atoms with Crippen molar-refractivity contribution in [3.05, 3.63) is 35.4 Å². The van der Waals surface area contributed by atoms with Crippen LogP contribution in [-0.4, -0.2) is 24.0 Å². The molecule has 0 saturated carbocycles. The van der Waals surface area contributed by atoms with Gasteiger partial charge in [-0.2, -0.15) is 0 Å². The lowest BCUT2D eigenvalue weighted by atomic mass is 10.1. The predicted molar refractivity (Wildman–Crippen MR) is 74.5 cm³/mol. The molecule has 0 saturated heterocycles. The van der Waals surface area contributed by atoms with Crippen molar-refractivity contribution in [2.75, 3.05) is 0 Å². The summed E-state index contributed by atoms with van der Waals surface area (Å²) in [7, 11) is 0. The molecule has 0 aromatic heterocycles. The minimum Gasteiger partial charge on any atom is -0.352 e. The number of carbonyl (C=O) groups is 2. The molecule has 0 spiro atoms. The summed E-state index contributed by atoms with van der Waals surface area (Å²) in [5.41, 5.74) is 5.58. The first kappa shape index (κ1) is 16.9. The van der Waals surface area contributed by atoms with Crippen LogP contribution in [0.1, 0.15) is 25.8 Å². The largest absolute Gasteiger partial charge is 0.352 e. The number of halogens is 2. The number of rotatable bonds is 6. The molecule has 0 radical (unpaired) electrons.